The Balaban J connectivity index is 1.40. The number of hydrogen-bond acceptors (Lipinski definition) is 6. The monoisotopic (exact) mass is 667 g/mol. The van der Waals surface area contributed by atoms with E-state index in [0.29, 0.717) is 41.3 Å². The van der Waals surface area contributed by atoms with Gasteiger partial charge in [-0.3, -0.25) is 19.3 Å². The van der Waals surface area contributed by atoms with Crippen molar-refractivity contribution >= 4 is 46.3 Å². The van der Waals surface area contributed by atoms with Gasteiger partial charge in [-0.15, -0.1) is 0 Å². The molecule has 1 unspecified atom stereocenters. The first kappa shape index (κ1) is 32.8. The van der Waals surface area contributed by atoms with Crippen LogP contribution in [0.5, 0.6) is 11.5 Å². The van der Waals surface area contributed by atoms with Crippen LogP contribution in [0.15, 0.2) is 102 Å². The Kier molecular flexibility index (Phi) is 9.24. The molecule has 1 atom stereocenters. The molecule has 8 nitrogen and oxygen atoms in total. The quantitative estimate of drug-likeness (QED) is 0.163. The van der Waals surface area contributed by atoms with Gasteiger partial charge < -0.3 is 20.5 Å². The third-order valence-corrected chi connectivity index (χ3v) is 8.83. The molecule has 0 bridgehead atoms. The van der Waals surface area contributed by atoms with Crippen LogP contribution >= 0.6 is 11.6 Å². The maximum Gasteiger partial charge on any atom is 0.228 e. The largest absolute Gasteiger partial charge is 0.506 e. The molecule has 6 rings (SSSR count). The van der Waals surface area contributed by atoms with Crippen LogP contribution in [0.25, 0.3) is 0 Å². The number of rotatable bonds is 8. The molecule has 0 saturated heterocycles. The Morgan fingerprint density at radius 1 is 1.00 bits per heavy atom. The number of amides is 2. The zero-order chi connectivity index (χ0) is 34.0. The van der Waals surface area contributed by atoms with Gasteiger partial charge in [-0.05, 0) is 59.4 Å². The summed E-state index contributed by atoms with van der Waals surface area (Å²) in [4.78, 5) is 42.7. The summed E-state index contributed by atoms with van der Waals surface area (Å²) in [5.74, 6) is -1.41. The van der Waals surface area contributed by atoms with Crippen molar-refractivity contribution < 1.29 is 28.6 Å². The first-order valence-electron chi connectivity index (χ1n) is 15.7. The molecule has 0 aromatic heterocycles. The Hall–Kier alpha value is -5.15. The fourth-order valence-electron chi connectivity index (χ4n) is 6.29. The summed E-state index contributed by atoms with van der Waals surface area (Å²) in [5.41, 5.74) is 2.60. The second-order valence-corrected chi connectivity index (χ2v) is 13.2. The van der Waals surface area contributed by atoms with Crippen molar-refractivity contribution in [1.29, 1.82) is 0 Å². The van der Waals surface area contributed by atoms with Crippen LogP contribution < -0.4 is 20.3 Å². The highest BCUT2D eigenvalue weighted by atomic mass is 35.5. The number of anilines is 3. The van der Waals surface area contributed by atoms with Crippen LogP contribution in [-0.4, -0.2) is 22.7 Å². The minimum Gasteiger partial charge on any atom is -0.506 e. The molecule has 0 saturated carbocycles. The number of Topliss-reactive ketones (excluding diaryl/α,β-unsaturated/α-hetero) is 1. The fourth-order valence-corrected chi connectivity index (χ4v) is 6.56. The van der Waals surface area contributed by atoms with E-state index in [1.807, 2.05) is 44.2 Å². The molecule has 48 heavy (non-hydrogen) atoms. The Morgan fingerprint density at radius 3 is 2.50 bits per heavy atom. The number of carbonyl (C=O) groups excluding carboxylic acids is 3. The number of ketones is 1. The van der Waals surface area contributed by atoms with Gasteiger partial charge in [0.1, 0.15) is 29.6 Å². The van der Waals surface area contributed by atoms with Gasteiger partial charge in [0.15, 0.2) is 5.78 Å². The van der Waals surface area contributed by atoms with E-state index in [-0.39, 0.29) is 52.6 Å². The standard InChI is InChI=1S/C38H35ClFN3O5/c1-38(2)20-29-35(32(45)21-38)37(25-16-15-24(19-26(25)39)48-22-23-9-4-3-5-10-23)43(30-13-8-14-31(44)36(30)42-29)34(47)18-17-33(46)41-28-12-7-6-11-27(28)40/h3-16,19,37,42,44H,17-18,20-22H2,1-2H3,(H,41,46). The summed E-state index contributed by atoms with van der Waals surface area (Å²) in [6.45, 7) is 4.30. The molecule has 1 aliphatic carbocycles. The highest BCUT2D eigenvalue weighted by molar-refractivity contribution is 6.31. The number of fused-ring (bicyclic) bond motifs is 1. The zero-order valence-corrected chi connectivity index (χ0v) is 27.3. The van der Waals surface area contributed by atoms with Crippen LogP contribution in [0.2, 0.25) is 5.02 Å². The summed E-state index contributed by atoms with van der Waals surface area (Å²) in [5, 5.41) is 17.1. The lowest BCUT2D eigenvalue weighted by atomic mass is 9.73. The van der Waals surface area contributed by atoms with E-state index < -0.39 is 23.7 Å². The van der Waals surface area contributed by atoms with Crippen molar-refractivity contribution in [2.75, 3.05) is 15.5 Å². The van der Waals surface area contributed by atoms with E-state index in [0.717, 1.165) is 5.56 Å². The molecule has 246 valence electrons. The Labute approximate surface area is 283 Å². The lowest BCUT2D eigenvalue weighted by Gasteiger charge is -2.37. The highest BCUT2D eigenvalue weighted by Gasteiger charge is 2.44. The highest BCUT2D eigenvalue weighted by Crippen LogP contribution is 2.51. The van der Waals surface area contributed by atoms with Crippen molar-refractivity contribution in [3.05, 3.63) is 124 Å². The van der Waals surface area contributed by atoms with Crippen LogP contribution in [-0.2, 0) is 21.0 Å². The molecule has 0 spiro atoms. The smallest absolute Gasteiger partial charge is 0.228 e. The maximum absolute atomic E-state index is 14.3. The number of para-hydroxylation sites is 2. The van der Waals surface area contributed by atoms with Crippen molar-refractivity contribution in [1.82, 2.24) is 0 Å². The number of aromatic hydroxyl groups is 1. The van der Waals surface area contributed by atoms with Crippen LogP contribution in [0.4, 0.5) is 21.5 Å². The van der Waals surface area contributed by atoms with Crippen molar-refractivity contribution in [3.63, 3.8) is 0 Å². The van der Waals surface area contributed by atoms with Gasteiger partial charge in [0.05, 0.1) is 17.4 Å². The lowest BCUT2D eigenvalue weighted by molar-refractivity contribution is -0.123. The number of halogens is 2. The van der Waals surface area contributed by atoms with Gasteiger partial charge in [0.2, 0.25) is 11.8 Å². The molecule has 3 N–H and O–H groups in total. The maximum atomic E-state index is 14.3. The first-order valence-corrected chi connectivity index (χ1v) is 16.1. The van der Waals surface area contributed by atoms with E-state index >= 15 is 0 Å². The SMILES string of the molecule is CC1(C)CC(=O)C2=C(C1)Nc1c(O)cccc1N(C(=O)CCC(=O)Nc1ccccc1F)C2c1ccc(OCc2ccccc2)cc1Cl. The van der Waals surface area contributed by atoms with Gasteiger partial charge in [0.25, 0.3) is 0 Å². The molecule has 4 aromatic rings. The first-order chi connectivity index (χ1) is 23.0. The van der Waals surface area contributed by atoms with Crippen molar-refractivity contribution in [2.24, 2.45) is 5.41 Å². The predicted octanol–water partition coefficient (Wildman–Crippen LogP) is 8.33. The third kappa shape index (κ3) is 6.92. The van der Waals surface area contributed by atoms with Gasteiger partial charge in [-0.2, -0.15) is 0 Å². The van der Waals surface area contributed by atoms with E-state index in [1.165, 1.54) is 29.2 Å². The molecular formula is C38H35ClFN3O5. The van der Waals surface area contributed by atoms with Crippen molar-refractivity contribution in [2.45, 2.75) is 52.2 Å². The molecular weight excluding hydrogens is 633 g/mol. The number of ether oxygens (including phenoxy) is 1. The van der Waals surface area contributed by atoms with Crippen molar-refractivity contribution in [3.8, 4) is 11.5 Å². The van der Waals surface area contributed by atoms with E-state index in [2.05, 4.69) is 10.6 Å². The minimum absolute atomic E-state index is 0.00800. The third-order valence-electron chi connectivity index (χ3n) is 8.50. The summed E-state index contributed by atoms with van der Waals surface area (Å²) in [6.07, 6.45) is 0.172. The molecule has 1 aliphatic heterocycles. The zero-order valence-electron chi connectivity index (χ0n) is 26.6. The lowest BCUT2D eigenvalue weighted by Crippen LogP contribution is -2.40. The van der Waals surface area contributed by atoms with Gasteiger partial charge in [0, 0.05) is 35.6 Å². The number of benzene rings is 4. The normalized spacial score (nSPS) is 16.7. The second kappa shape index (κ2) is 13.5. The molecule has 4 aromatic carbocycles. The number of allylic oxidation sites excluding steroid dienone is 1. The number of nitrogens with zero attached hydrogens (tertiary/aromatic N) is 1. The molecule has 2 aliphatic rings. The molecule has 2 amide bonds. The van der Waals surface area contributed by atoms with Gasteiger partial charge >= 0.3 is 0 Å². The minimum atomic E-state index is -0.989. The molecule has 0 radical (unpaired) electrons. The average molecular weight is 668 g/mol. The fraction of sp³-hybridized carbons (Fsp3) is 0.237. The molecule has 0 fully saturated rings. The number of phenols is 1. The predicted molar refractivity (Wildman–Crippen MR) is 183 cm³/mol. The number of phenolic OH excluding ortho intramolecular Hbond substituents is 1. The number of carbonyl (C=O) groups is 3. The Morgan fingerprint density at radius 2 is 1.75 bits per heavy atom. The van der Waals surface area contributed by atoms with Crippen LogP contribution in [0, 0.1) is 11.2 Å². The summed E-state index contributed by atoms with van der Waals surface area (Å²) in [7, 11) is 0. The average Bonchev–Trinajstić information content (AvgIpc) is 3.19. The molecule has 10 heteroatoms. The van der Waals surface area contributed by atoms with Gasteiger partial charge in [-0.1, -0.05) is 80.0 Å². The summed E-state index contributed by atoms with van der Waals surface area (Å²) in [6, 6.07) is 24.4. The van der Waals surface area contributed by atoms with Crippen LogP contribution in [0.3, 0.4) is 0 Å². The summed E-state index contributed by atoms with van der Waals surface area (Å²) < 4.78 is 20.2. The van der Waals surface area contributed by atoms with E-state index in [1.54, 1.807) is 36.4 Å². The topological polar surface area (TPSA) is 108 Å². The van der Waals surface area contributed by atoms with E-state index in [9.17, 15) is 23.9 Å². The Bertz CT molecular complexity index is 1930. The number of hydrogen-bond donors (Lipinski definition) is 3. The van der Waals surface area contributed by atoms with Gasteiger partial charge in [-0.25, -0.2) is 4.39 Å². The number of nitrogens with one attached hydrogen (secondary N) is 2. The van der Waals surface area contributed by atoms with Crippen LogP contribution in [0.1, 0.15) is 56.7 Å². The van der Waals surface area contributed by atoms with E-state index in [4.69, 9.17) is 16.3 Å². The summed E-state index contributed by atoms with van der Waals surface area (Å²) >= 11 is 6.97. The second-order valence-electron chi connectivity index (χ2n) is 12.8. The molecule has 1 heterocycles.